The molecule has 1 aromatic heterocycles. The van der Waals surface area contributed by atoms with Crippen molar-refractivity contribution in [2.24, 2.45) is 5.73 Å². The van der Waals surface area contributed by atoms with E-state index in [-0.39, 0.29) is 24.8 Å². The molecule has 0 saturated heterocycles. The summed E-state index contributed by atoms with van der Waals surface area (Å²) in [6.45, 7) is 0.502. The highest BCUT2D eigenvalue weighted by atomic mass is 35.5. The Balaban J connectivity index is 0.000000980. The van der Waals surface area contributed by atoms with Crippen molar-refractivity contribution in [2.75, 3.05) is 7.11 Å². The summed E-state index contributed by atoms with van der Waals surface area (Å²) in [5, 5.41) is 0.961. The normalized spacial score (nSPS) is 9.20. The number of thiazole rings is 1. The molecule has 2 rings (SSSR count). The van der Waals surface area contributed by atoms with Crippen molar-refractivity contribution in [3.05, 3.63) is 23.2 Å². The average molecular weight is 267 g/mol. The molecule has 2 N–H and O–H groups in total. The van der Waals surface area contributed by atoms with E-state index in [2.05, 4.69) is 4.98 Å². The summed E-state index contributed by atoms with van der Waals surface area (Å²) >= 11 is 1.61. The number of hydrogen-bond acceptors (Lipinski definition) is 4. The lowest BCUT2D eigenvalue weighted by atomic mass is 10.3. The molecule has 1 aromatic carbocycles. The summed E-state index contributed by atoms with van der Waals surface area (Å²) in [4.78, 5) is 4.34. The standard InChI is InChI=1S/C9H10N2OS.2ClH/c1-12-6-2-3-7-8(4-6)13-9(5-10)11-7;;/h2-4H,5,10H2,1H3;2*1H. The van der Waals surface area contributed by atoms with Crippen molar-refractivity contribution in [3.63, 3.8) is 0 Å². The quantitative estimate of drug-likeness (QED) is 0.909. The molecule has 0 spiro atoms. The molecule has 0 atom stereocenters. The van der Waals surface area contributed by atoms with Crippen LogP contribution in [0.15, 0.2) is 18.2 Å². The number of halogens is 2. The zero-order chi connectivity index (χ0) is 9.26. The van der Waals surface area contributed by atoms with Gasteiger partial charge in [-0.25, -0.2) is 4.98 Å². The van der Waals surface area contributed by atoms with Crippen LogP contribution in [0.2, 0.25) is 0 Å². The molecule has 0 fully saturated rings. The van der Waals surface area contributed by atoms with Crippen molar-refractivity contribution in [1.29, 1.82) is 0 Å². The van der Waals surface area contributed by atoms with E-state index in [1.807, 2.05) is 18.2 Å². The predicted octanol–water partition coefficient (Wildman–Crippen LogP) is 2.61. The van der Waals surface area contributed by atoms with Crippen LogP contribution in [0.4, 0.5) is 0 Å². The van der Waals surface area contributed by atoms with Crippen LogP contribution in [0, 0.1) is 0 Å². The van der Waals surface area contributed by atoms with E-state index in [1.165, 1.54) is 0 Å². The first-order valence-corrected chi connectivity index (χ1v) is 4.78. The van der Waals surface area contributed by atoms with Gasteiger partial charge in [0.1, 0.15) is 10.8 Å². The Hall–Kier alpha value is -0.550. The molecule has 0 aliphatic heterocycles. The number of aromatic nitrogens is 1. The summed E-state index contributed by atoms with van der Waals surface area (Å²) < 4.78 is 6.24. The van der Waals surface area contributed by atoms with Crippen LogP contribution in [0.3, 0.4) is 0 Å². The zero-order valence-corrected chi connectivity index (χ0v) is 10.5. The minimum atomic E-state index is 0. The fourth-order valence-corrected chi connectivity index (χ4v) is 2.04. The molecule has 0 amide bonds. The van der Waals surface area contributed by atoms with Gasteiger partial charge >= 0.3 is 0 Å². The van der Waals surface area contributed by atoms with Gasteiger partial charge < -0.3 is 10.5 Å². The molecular weight excluding hydrogens is 255 g/mol. The topological polar surface area (TPSA) is 48.1 Å². The van der Waals surface area contributed by atoms with Gasteiger partial charge in [-0.3, -0.25) is 0 Å². The zero-order valence-electron chi connectivity index (χ0n) is 8.10. The Morgan fingerprint density at radius 2 is 2.13 bits per heavy atom. The Bertz CT molecular complexity index is 431. The van der Waals surface area contributed by atoms with E-state index in [9.17, 15) is 0 Å². The molecule has 2 aromatic rings. The maximum atomic E-state index is 5.50. The van der Waals surface area contributed by atoms with Crippen molar-refractivity contribution < 1.29 is 4.74 Å². The molecule has 0 aliphatic rings. The summed E-state index contributed by atoms with van der Waals surface area (Å²) in [6, 6.07) is 5.83. The summed E-state index contributed by atoms with van der Waals surface area (Å²) in [6.07, 6.45) is 0. The second kappa shape index (κ2) is 6.12. The van der Waals surface area contributed by atoms with E-state index in [0.29, 0.717) is 6.54 Å². The molecule has 0 unspecified atom stereocenters. The third-order valence-corrected chi connectivity index (χ3v) is 2.85. The van der Waals surface area contributed by atoms with Crippen molar-refractivity contribution in [3.8, 4) is 5.75 Å². The van der Waals surface area contributed by atoms with Crippen LogP contribution in [0.5, 0.6) is 5.75 Å². The highest BCUT2D eigenvalue weighted by Gasteiger charge is 2.02. The van der Waals surface area contributed by atoms with Crippen LogP contribution in [0.1, 0.15) is 5.01 Å². The smallest absolute Gasteiger partial charge is 0.120 e. The Morgan fingerprint density at radius 3 is 2.73 bits per heavy atom. The van der Waals surface area contributed by atoms with Crippen molar-refractivity contribution in [1.82, 2.24) is 4.98 Å². The predicted molar refractivity (Wildman–Crippen MR) is 68.6 cm³/mol. The maximum absolute atomic E-state index is 5.50. The van der Waals surface area contributed by atoms with Gasteiger partial charge in [-0.15, -0.1) is 36.2 Å². The van der Waals surface area contributed by atoms with Crippen LogP contribution >= 0.6 is 36.2 Å². The molecule has 3 nitrogen and oxygen atoms in total. The lowest BCUT2D eigenvalue weighted by molar-refractivity contribution is 0.415. The second-order valence-corrected chi connectivity index (χ2v) is 3.76. The fraction of sp³-hybridized carbons (Fsp3) is 0.222. The molecule has 0 saturated carbocycles. The first-order chi connectivity index (χ1) is 6.33. The Morgan fingerprint density at radius 1 is 1.40 bits per heavy atom. The molecule has 15 heavy (non-hydrogen) atoms. The highest BCUT2D eigenvalue weighted by Crippen LogP contribution is 2.25. The number of hydrogen-bond donors (Lipinski definition) is 1. The highest BCUT2D eigenvalue weighted by molar-refractivity contribution is 7.18. The SMILES string of the molecule is COc1ccc2nc(CN)sc2c1.Cl.Cl. The third-order valence-electron chi connectivity index (χ3n) is 1.81. The first kappa shape index (κ1) is 14.5. The van der Waals surface area contributed by atoms with Gasteiger partial charge in [0.2, 0.25) is 0 Å². The number of nitrogens with two attached hydrogens (primary N) is 1. The van der Waals surface area contributed by atoms with E-state index in [4.69, 9.17) is 10.5 Å². The largest absolute Gasteiger partial charge is 0.497 e. The molecule has 0 aliphatic carbocycles. The number of rotatable bonds is 2. The van der Waals surface area contributed by atoms with Gasteiger partial charge in [0.15, 0.2) is 0 Å². The van der Waals surface area contributed by atoms with E-state index in [0.717, 1.165) is 21.0 Å². The van der Waals surface area contributed by atoms with Crippen molar-refractivity contribution in [2.45, 2.75) is 6.54 Å². The number of nitrogens with zero attached hydrogens (tertiary/aromatic N) is 1. The molecular formula is C9H12Cl2N2OS. The molecule has 6 heteroatoms. The number of methoxy groups -OCH3 is 1. The van der Waals surface area contributed by atoms with Crippen LogP contribution in [-0.2, 0) is 6.54 Å². The van der Waals surface area contributed by atoms with Crippen LogP contribution < -0.4 is 10.5 Å². The lowest BCUT2D eigenvalue weighted by Gasteiger charge is -1.96. The summed E-state index contributed by atoms with van der Waals surface area (Å²) in [7, 11) is 1.66. The molecule has 0 radical (unpaired) electrons. The van der Waals surface area contributed by atoms with Crippen LogP contribution in [0.25, 0.3) is 10.2 Å². The van der Waals surface area contributed by atoms with E-state index < -0.39 is 0 Å². The third kappa shape index (κ3) is 2.95. The minimum absolute atomic E-state index is 0. The fourth-order valence-electron chi connectivity index (χ4n) is 1.17. The van der Waals surface area contributed by atoms with Gasteiger partial charge in [-0.2, -0.15) is 0 Å². The monoisotopic (exact) mass is 266 g/mol. The summed E-state index contributed by atoms with van der Waals surface area (Å²) in [5.41, 5.74) is 6.49. The van der Waals surface area contributed by atoms with Crippen LogP contribution in [-0.4, -0.2) is 12.1 Å². The van der Waals surface area contributed by atoms with Gasteiger partial charge in [-0.05, 0) is 18.2 Å². The molecule has 0 bridgehead atoms. The van der Waals surface area contributed by atoms with Gasteiger partial charge in [-0.1, -0.05) is 0 Å². The van der Waals surface area contributed by atoms with E-state index >= 15 is 0 Å². The average Bonchev–Trinajstić information content (AvgIpc) is 2.58. The Kier molecular flexibility index (Phi) is 5.90. The minimum Gasteiger partial charge on any atom is -0.497 e. The van der Waals surface area contributed by atoms with Gasteiger partial charge in [0.05, 0.1) is 17.3 Å². The van der Waals surface area contributed by atoms with Gasteiger partial charge in [0.25, 0.3) is 0 Å². The number of ether oxygens (including phenoxy) is 1. The maximum Gasteiger partial charge on any atom is 0.120 e. The van der Waals surface area contributed by atoms with Crippen molar-refractivity contribution >= 4 is 46.4 Å². The van der Waals surface area contributed by atoms with Gasteiger partial charge in [0, 0.05) is 6.54 Å². The first-order valence-electron chi connectivity index (χ1n) is 3.97. The Labute approximate surface area is 104 Å². The number of benzene rings is 1. The molecule has 1 heterocycles. The van der Waals surface area contributed by atoms with E-state index in [1.54, 1.807) is 18.4 Å². The lowest BCUT2D eigenvalue weighted by Crippen LogP contribution is -1.93. The summed E-state index contributed by atoms with van der Waals surface area (Å²) in [5.74, 6) is 0.861. The second-order valence-electron chi connectivity index (χ2n) is 2.65. The molecule has 84 valence electrons. The number of fused-ring (bicyclic) bond motifs is 1.